The fourth-order valence-electron chi connectivity index (χ4n) is 1.54. The standard InChI is InChI=1S/C16H19F3N2O3/c1-15(2,3)24-14(22)21-9-5-4-6-11-10-12(7-8-13(11)20)23-16(17,18)19/h7-8,10H,5,9,20H2,1-3H3,(H,21,22). The van der Waals surface area contributed by atoms with Crippen molar-refractivity contribution in [3.05, 3.63) is 23.8 Å². The highest BCUT2D eigenvalue weighted by molar-refractivity contribution is 5.67. The Bertz CT molecular complexity index is 641. The second kappa shape index (κ2) is 7.81. The van der Waals surface area contributed by atoms with Crippen molar-refractivity contribution in [1.29, 1.82) is 0 Å². The van der Waals surface area contributed by atoms with Crippen molar-refractivity contribution >= 4 is 11.8 Å². The van der Waals surface area contributed by atoms with E-state index in [9.17, 15) is 18.0 Å². The molecule has 0 bridgehead atoms. The van der Waals surface area contributed by atoms with Crippen LogP contribution in [-0.2, 0) is 4.74 Å². The van der Waals surface area contributed by atoms with Crippen LogP contribution in [0.4, 0.5) is 23.7 Å². The summed E-state index contributed by atoms with van der Waals surface area (Å²) >= 11 is 0. The van der Waals surface area contributed by atoms with Crippen LogP contribution in [-0.4, -0.2) is 24.6 Å². The van der Waals surface area contributed by atoms with E-state index in [4.69, 9.17) is 10.5 Å². The lowest BCUT2D eigenvalue weighted by molar-refractivity contribution is -0.274. The summed E-state index contributed by atoms with van der Waals surface area (Å²) in [5.74, 6) is 4.96. The summed E-state index contributed by atoms with van der Waals surface area (Å²) in [5, 5.41) is 2.51. The van der Waals surface area contributed by atoms with E-state index in [0.717, 1.165) is 12.1 Å². The highest BCUT2D eigenvalue weighted by Gasteiger charge is 2.31. The van der Waals surface area contributed by atoms with Gasteiger partial charge in [0.25, 0.3) is 0 Å². The Morgan fingerprint density at radius 1 is 1.29 bits per heavy atom. The molecule has 8 heteroatoms. The average molecular weight is 344 g/mol. The zero-order valence-electron chi connectivity index (χ0n) is 13.6. The number of nitrogens with one attached hydrogen (secondary N) is 1. The minimum absolute atomic E-state index is 0.217. The molecule has 0 aliphatic heterocycles. The highest BCUT2D eigenvalue weighted by Crippen LogP contribution is 2.25. The monoisotopic (exact) mass is 344 g/mol. The minimum atomic E-state index is -4.78. The fourth-order valence-corrected chi connectivity index (χ4v) is 1.54. The van der Waals surface area contributed by atoms with Crippen LogP contribution in [0.3, 0.4) is 0 Å². The summed E-state index contributed by atoms with van der Waals surface area (Å²) in [6.45, 7) is 5.46. The van der Waals surface area contributed by atoms with Gasteiger partial charge in [-0.15, -0.1) is 13.2 Å². The molecule has 24 heavy (non-hydrogen) atoms. The van der Waals surface area contributed by atoms with Crippen LogP contribution in [0.1, 0.15) is 32.8 Å². The number of halogens is 3. The Kier molecular flexibility index (Phi) is 6.35. The number of alkyl halides is 3. The van der Waals surface area contributed by atoms with Gasteiger partial charge in [-0.1, -0.05) is 11.8 Å². The van der Waals surface area contributed by atoms with Crippen molar-refractivity contribution in [3.63, 3.8) is 0 Å². The number of nitrogen functional groups attached to an aromatic ring is 1. The van der Waals surface area contributed by atoms with E-state index in [2.05, 4.69) is 21.9 Å². The van der Waals surface area contributed by atoms with Gasteiger partial charge in [0, 0.05) is 18.7 Å². The van der Waals surface area contributed by atoms with Crippen LogP contribution < -0.4 is 15.8 Å². The molecule has 0 atom stereocenters. The van der Waals surface area contributed by atoms with E-state index in [1.54, 1.807) is 20.8 Å². The lowest BCUT2D eigenvalue weighted by Crippen LogP contribution is -2.32. The largest absolute Gasteiger partial charge is 0.573 e. The highest BCUT2D eigenvalue weighted by atomic mass is 19.4. The van der Waals surface area contributed by atoms with Gasteiger partial charge >= 0.3 is 12.5 Å². The molecule has 0 saturated carbocycles. The summed E-state index contributed by atoms with van der Waals surface area (Å²) in [6.07, 6.45) is -5.06. The van der Waals surface area contributed by atoms with Gasteiger partial charge < -0.3 is 20.5 Å². The molecule has 1 aromatic rings. The molecule has 3 N–H and O–H groups in total. The first-order chi connectivity index (χ1) is 11.0. The molecule has 0 heterocycles. The van der Waals surface area contributed by atoms with E-state index in [1.165, 1.54) is 6.07 Å². The number of benzene rings is 1. The smallest absolute Gasteiger partial charge is 0.444 e. The van der Waals surface area contributed by atoms with Gasteiger partial charge in [-0.3, -0.25) is 0 Å². The Labute approximate surface area is 138 Å². The molecule has 0 unspecified atom stereocenters. The van der Waals surface area contributed by atoms with Crippen LogP contribution in [0.5, 0.6) is 5.75 Å². The summed E-state index contributed by atoms with van der Waals surface area (Å²) < 4.78 is 45.4. The Morgan fingerprint density at radius 3 is 2.54 bits per heavy atom. The van der Waals surface area contributed by atoms with Crippen molar-refractivity contribution in [1.82, 2.24) is 5.32 Å². The lowest BCUT2D eigenvalue weighted by atomic mass is 10.1. The van der Waals surface area contributed by atoms with Gasteiger partial charge in [-0.05, 0) is 39.0 Å². The topological polar surface area (TPSA) is 73.6 Å². The molecule has 0 fully saturated rings. The SMILES string of the molecule is CC(C)(C)OC(=O)NCCC#Cc1cc(OC(F)(F)F)ccc1N. The van der Waals surface area contributed by atoms with E-state index in [-0.39, 0.29) is 24.2 Å². The van der Waals surface area contributed by atoms with Gasteiger partial charge in [0.1, 0.15) is 11.4 Å². The zero-order chi connectivity index (χ0) is 18.4. The third-order valence-corrected chi connectivity index (χ3v) is 2.40. The predicted molar refractivity (Wildman–Crippen MR) is 83.3 cm³/mol. The fraction of sp³-hybridized carbons (Fsp3) is 0.438. The normalized spacial score (nSPS) is 11.2. The van der Waals surface area contributed by atoms with Crippen LogP contribution in [0.15, 0.2) is 18.2 Å². The maximum atomic E-state index is 12.2. The Morgan fingerprint density at radius 2 is 1.96 bits per heavy atom. The van der Waals surface area contributed by atoms with Crippen LogP contribution in [0.2, 0.25) is 0 Å². The van der Waals surface area contributed by atoms with Gasteiger partial charge in [-0.25, -0.2) is 4.79 Å². The number of ether oxygens (including phenoxy) is 2. The summed E-state index contributed by atoms with van der Waals surface area (Å²) in [7, 11) is 0. The number of hydrogen-bond donors (Lipinski definition) is 2. The number of rotatable bonds is 3. The van der Waals surface area contributed by atoms with E-state index >= 15 is 0 Å². The zero-order valence-corrected chi connectivity index (χ0v) is 13.6. The number of amides is 1. The lowest BCUT2D eigenvalue weighted by Gasteiger charge is -2.19. The van der Waals surface area contributed by atoms with Crippen molar-refractivity contribution in [3.8, 4) is 17.6 Å². The molecule has 5 nitrogen and oxygen atoms in total. The minimum Gasteiger partial charge on any atom is -0.444 e. The van der Waals surface area contributed by atoms with Crippen molar-refractivity contribution in [2.24, 2.45) is 0 Å². The number of anilines is 1. The summed E-state index contributed by atoms with van der Waals surface area (Å²) in [4.78, 5) is 11.4. The molecule has 0 aromatic heterocycles. The summed E-state index contributed by atoms with van der Waals surface area (Å²) in [6, 6.07) is 3.50. The molecular formula is C16H19F3N2O3. The van der Waals surface area contributed by atoms with Crippen LogP contribution >= 0.6 is 0 Å². The number of carbonyl (C=O) groups excluding carboxylic acids is 1. The van der Waals surface area contributed by atoms with Crippen molar-refractivity contribution < 1.29 is 27.4 Å². The van der Waals surface area contributed by atoms with Crippen molar-refractivity contribution in [2.75, 3.05) is 12.3 Å². The number of hydrogen-bond acceptors (Lipinski definition) is 4. The van der Waals surface area contributed by atoms with Gasteiger partial charge in [-0.2, -0.15) is 0 Å². The van der Waals surface area contributed by atoms with E-state index in [1.807, 2.05) is 0 Å². The second-order valence-corrected chi connectivity index (χ2v) is 5.78. The van der Waals surface area contributed by atoms with E-state index in [0.29, 0.717) is 0 Å². The molecular weight excluding hydrogens is 325 g/mol. The number of carbonyl (C=O) groups is 1. The summed E-state index contributed by atoms with van der Waals surface area (Å²) in [5.41, 5.74) is 5.51. The Balaban J connectivity index is 2.57. The molecule has 1 amide bonds. The first-order valence-electron chi connectivity index (χ1n) is 7.07. The molecule has 0 aliphatic carbocycles. The second-order valence-electron chi connectivity index (χ2n) is 5.78. The van der Waals surface area contributed by atoms with Gasteiger partial charge in [0.15, 0.2) is 0 Å². The quantitative estimate of drug-likeness (QED) is 0.500. The van der Waals surface area contributed by atoms with Crippen LogP contribution in [0, 0.1) is 11.8 Å². The van der Waals surface area contributed by atoms with E-state index < -0.39 is 23.8 Å². The van der Waals surface area contributed by atoms with Crippen molar-refractivity contribution in [2.45, 2.75) is 39.2 Å². The average Bonchev–Trinajstić information content (AvgIpc) is 2.38. The first-order valence-corrected chi connectivity index (χ1v) is 7.07. The molecule has 0 radical (unpaired) electrons. The third kappa shape index (κ3) is 8.17. The first kappa shape index (κ1) is 19.5. The molecule has 1 rings (SSSR count). The molecule has 1 aromatic carbocycles. The van der Waals surface area contributed by atoms with Gasteiger partial charge in [0.05, 0.1) is 5.56 Å². The molecule has 0 spiro atoms. The molecule has 0 saturated heterocycles. The Hall–Kier alpha value is -2.56. The molecule has 0 aliphatic rings. The third-order valence-electron chi connectivity index (χ3n) is 2.40. The molecule has 132 valence electrons. The maximum absolute atomic E-state index is 12.2. The number of nitrogens with two attached hydrogens (primary N) is 1. The van der Waals surface area contributed by atoms with Crippen LogP contribution in [0.25, 0.3) is 0 Å². The number of alkyl carbamates (subject to hydrolysis) is 1. The maximum Gasteiger partial charge on any atom is 0.573 e. The predicted octanol–water partition coefficient (Wildman–Crippen LogP) is 3.43. The van der Waals surface area contributed by atoms with Gasteiger partial charge in [0.2, 0.25) is 0 Å².